The summed E-state index contributed by atoms with van der Waals surface area (Å²) in [6, 6.07) is 19.8. The third kappa shape index (κ3) is 1.42. The summed E-state index contributed by atoms with van der Waals surface area (Å²) in [5.74, 6) is 1.01. The standard InChI is InChI=1S/C19H20O/c1-20-19(14-8-3-2-4-9-14)17-12-7-13-18(19)16-11-6-5-10-15(16)17/h2-6,8-11,17-18H,7,12-13H2,1H3. The van der Waals surface area contributed by atoms with Gasteiger partial charge in [0.1, 0.15) is 5.60 Å². The fraction of sp³-hybridized carbons (Fsp3) is 0.368. The van der Waals surface area contributed by atoms with Crippen molar-refractivity contribution in [2.75, 3.05) is 7.11 Å². The predicted octanol–water partition coefficient (Wildman–Crippen LogP) is 4.59. The molecular formula is C19H20O. The van der Waals surface area contributed by atoms with Gasteiger partial charge in [-0.2, -0.15) is 0 Å². The first-order valence-corrected chi connectivity index (χ1v) is 7.57. The lowest BCUT2D eigenvalue weighted by atomic mass is 9.69. The third-order valence-electron chi connectivity index (χ3n) is 5.33. The Morgan fingerprint density at radius 2 is 1.40 bits per heavy atom. The van der Waals surface area contributed by atoms with Crippen LogP contribution in [0.2, 0.25) is 0 Å². The molecule has 4 rings (SSSR count). The van der Waals surface area contributed by atoms with Crippen molar-refractivity contribution in [1.82, 2.24) is 0 Å². The van der Waals surface area contributed by atoms with Crippen molar-refractivity contribution < 1.29 is 4.74 Å². The first kappa shape index (κ1) is 12.2. The minimum atomic E-state index is -0.150. The summed E-state index contributed by atoms with van der Waals surface area (Å²) >= 11 is 0. The van der Waals surface area contributed by atoms with Crippen molar-refractivity contribution in [3.05, 3.63) is 71.3 Å². The highest BCUT2D eigenvalue weighted by Gasteiger charge is 2.56. The molecule has 102 valence electrons. The van der Waals surface area contributed by atoms with Crippen molar-refractivity contribution in [2.45, 2.75) is 36.7 Å². The first-order chi connectivity index (χ1) is 9.88. The van der Waals surface area contributed by atoms with Gasteiger partial charge in [-0.3, -0.25) is 0 Å². The second-order valence-electron chi connectivity index (χ2n) is 6.03. The molecule has 1 nitrogen and oxygen atoms in total. The topological polar surface area (TPSA) is 9.23 Å². The molecule has 0 aliphatic heterocycles. The van der Waals surface area contributed by atoms with Crippen LogP contribution in [0.1, 0.15) is 47.8 Å². The van der Waals surface area contributed by atoms with Crippen LogP contribution in [-0.4, -0.2) is 7.11 Å². The predicted molar refractivity (Wildman–Crippen MR) is 80.9 cm³/mol. The van der Waals surface area contributed by atoms with Crippen LogP contribution in [0.25, 0.3) is 0 Å². The van der Waals surface area contributed by atoms with Gasteiger partial charge < -0.3 is 4.74 Å². The van der Waals surface area contributed by atoms with Crippen molar-refractivity contribution in [3.8, 4) is 0 Å². The van der Waals surface area contributed by atoms with Crippen molar-refractivity contribution in [1.29, 1.82) is 0 Å². The minimum absolute atomic E-state index is 0.150. The van der Waals surface area contributed by atoms with E-state index in [1.807, 2.05) is 7.11 Å². The Balaban J connectivity index is 1.95. The maximum Gasteiger partial charge on any atom is 0.106 e. The molecule has 0 aromatic heterocycles. The summed E-state index contributed by atoms with van der Waals surface area (Å²) in [7, 11) is 1.89. The van der Waals surface area contributed by atoms with E-state index in [-0.39, 0.29) is 5.60 Å². The maximum absolute atomic E-state index is 6.23. The van der Waals surface area contributed by atoms with Crippen LogP contribution < -0.4 is 0 Å². The number of benzene rings is 2. The highest BCUT2D eigenvalue weighted by atomic mass is 16.5. The molecule has 2 unspecified atom stereocenters. The molecule has 1 heteroatoms. The van der Waals surface area contributed by atoms with E-state index < -0.39 is 0 Å². The van der Waals surface area contributed by atoms with Gasteiger partial charge in [-0.25, -0.2) is 0 Å². The van der Waals surface area contributed by atoms with E-state index in [1.165, 1.54) is 36.0 Å². The summed E-state index contributed by atoms with van der Waals surface area (Å²) in [6.45, 7) is 0. The van der Waals surface area contributed by atoms with Crippen LogP contribution in [0.15, 0.2) is 54.6 Å². The van der Waals surface area contributed by atoms with Crippen LogP contribution in [0, 0.1) is 0 Å². The molecule has 0 amide bonds. The number of hydrogen-bond donors (Lipinski definition) is 0. The molecule has 20 heavy (non-hydrogen) atoms. The molecule has 2 aromatic carbocycles. The molecular weight excluding hydrogens is 244 g/mol. The summed E-state index contributed by atoms with van der Waals surface area (Å²) in [4.78, 5) is 0. The number of methoxy groups -OCH3 is 1. The quantitative estimate of drug-likeness (QED) is 0.770. The van der Waals surface area contributed by atoms with Gasteiger partial charge in [0.05, 0.1) is 0 Å². The van der Waals surface area contributed by atoms with Crippen molar-refractivity contribution in [3.63, 3.8) is 0 Å². The van der Waals surface area contributed by atoms with E-state index in [2.05, 4.69) is 54.6 Å². The Hall–Kier alpha value is -1.60. The lowest BCUT2D eigenvalue weighted by Crippen LogP contribution is -2.39. The smallest absolute Gasteiger partial charge is 0.106 e. The Morgan fingerprint density at radius 1 is 0.850 bits per heavy atom. The second-order valence-corrected chi connectivity index (χ2v) is 6.03. The Labute approximate surface area is 120 Å². The normalized spacial score (nSPS) is 31.1. The van der Waals surface area contributed by atoms with E-state index >= 15 is 0 Å². The lowest BCUT2D eigenvalue weighted by molar-refractivity contribution is -0.0679. The zero-order valence-electron chi connectivity index (χ0n) is 11.9. The van der Waals surface area contributed by atoms with Crippen LogP contribution in [0.3, 0.4) is 0 Å². The second kappa shape index (κ2) is 4.46. The van der Waals surface area contributed by atoms with Crippen molar-refractivity contribution in [2.24, 2.45) is 0 Å². The molecule has 1 saturated carbocycles. The van der Waals surface area contributed by atoms with Crippen LogP contribution in [0.5, 0.6) is 0 Å². The molecule has 2 aliphatic rings. The van der Waals surface area contributed by atoms with E-state index in [0.29, 0.717) is 11.8 Å². The summed E-state index contributed by atoms with van der Waals surface area (Å²) in [6.07, 6.45) is 3.77. The average Bonchev–Trinajstić information content (AvgIpc) is 2.67. The van der Waals surface area contributed by atoms with Crippen LogP contribution in [-0.2, 0) is 10.3 Å². The molecule has 1 fully saturated rings. The Kier molecular flexibility index (Phi) is 2.71. The largest absolute Gasteiger partial charge is 0.372 e. The first-order valence-electron chi connectivity index (χ1n) is 7.57. The van der Waals surface area contributed by atoms with Gasteiger partial charge in [-0.1, -0.05) is 61.0 Å². The molecule has 0 N–H and O–H groups in total. The maximum atomic E-state index is 6.23. The molecule has 2 bridgehead atoms. The van der Waals surface area contributed by atoms with Gasteiger partial charge in [0, 0.05) is 18.9 Å². The molecule has 0 saturated heterocycles. The monoisotopic (exact) mass is 264 g/mol. The van der Waals surface area contributed by atoms with E-state index in [4.69, 9.17) is 4.74 Å². The Morgan fingerprint density at radius 3 is 1.95 bits per heavy atom. The van der Waals surface area contributed by atoms with Gasteiger partial charge in [0.15, 0.2) is 0 Å². The highest BCUT2D eigenvalue weighted by molar-refractivity contribution is 5.49. The van der Waals surface area contributed by atoms with Crippen molar-refractivity contribution >= 4 is 0 Å². The zero-order valence-corrected chi connectivity index (χ0v) is 11.9. The number of ether oxygens (including phenoxy) is 1. The molecule has 2 aromatic rings. The molecule has 0 spiro atoms. The lowest BCUT2D eigenvalue weighted by Gasteiger charge is -2.43. The van der Waals surface area contributed by atoms with Gasteiger partial charge >= 0.3 is 0 Å². The number of fused-ring (bicyclic) bond motifs is 5. The van der Waals surface area contributed by atoms with Gasteiger partial charge in [-0.05, 0) is 29.5 Å². The summed E-state index contributed by atoms with van der Waals surface area (Å²) in [5, 5.41) is 0. The molecule has 2 aliphatic carbocycles. The number of rotatable bonds is 2. The van der Waals surface area contributed by atoms with Crippen LogP contribution >= 0.6 is 0 Å². The van der Waals surface area contributed by atoms with E-state index in [0.717, 1.165) is 0 Å². The zero-order chi connectivity index (χ0) is 13.6. The van der Waals surface area contributed by atoms with Crippen LogP contribution in [0.4, 0.5) is 0 Å². The molecule has 2 atom stereocenters. The highest BCUT2D eigenvalue weighted by Crippen LogP contribution is 2.63. The van der Waals surface area contributed by atoms with Gasteiger partial charge in [0.25, 0.3) is 0 Å². The van der Waals surface area contributed by atoms with E-state index in [1.54, 1.807) is 0 Å². The molecule has 0 radical (unpaired) electrons. The summed E-state index contributed by atoms with van der Waals surface area (Å²) in [5.41, 5.74) is 4.22. The third-order valence-corrected chi connectivity index (χ3v) is 5.33. The van der Waals surface area contributed by atoms with E-state index in [9.17, 15) is 0 Å². The average molecular weight is 264 g/mol. The van der Waals surface area contributed by atoms with Gasteiger partial charge in [-0.15, -0.1) is 0 Å². The fourth-order valence-electron chi connectivity index (χ4n) is 4.62. The summed E-state index contributed by atoms with van der Waals surface area (Å²) < 4.78 is 6.23. The van der Waals surface area contributed by atoms with Gasteiger partial charge in [0.2, 0.25) is 0 Å². The molecule has 0 heterocycles. The Bertz CT molecular complexity index is 586. The number of hydrogen-bond acceptors (Lipinski definition) is 1. The SMILES string of the molecule is COC1(c2ccccc2)C2CCCC1c1ccccc12. The fourth-order valence-corrected chi connectivity index (χ4v) is 4.62. The minimum Gasteiger partial charge on any atom is -0.372 e.